The summed E-state index contributed by atoms with van der Waals surface area (Å²) < 4.78 is 28.3. The van der Waals surface area contributed by atoms with E-state index in [0.29, 0.717) is 10.9 Å². The highest BCUT2D eigenvalue weighted by molar-refractivity contribution is 7.99. The molecule has 0 aliphatic carbocycles. The largest absolute Gasteiger partial charge is 0.323 e. The number of aromatic amines is 1. The summed E-state index contributed by atoms with van der Waals surface area (Å²) in [5, 5.41) is 9.94. The zero-order chi connectivity index (χ0) is 17.4. The summed E-state index contributed by atoms with van der Waals surface area (Å²) in [5.74, 6) is -1.34. The van der Waals surface area contributed by atoms with Crippen LogP contribution in [-0.2, 0) is 4.79 Å². The molecule has 0 aliphatic heterocycles. The number of thioether (sulfide) groups is 1. The van der Waals surface area contributed by atoms with Crippen LogP contribution < -0.4 is 5.32 Å². The van der Waals surface area contributed by atoms with Crippen molar-refractivity contribution >= 4 is 40.2 Å². The van der Waals surface area contributed by atoms with Crippen LogP contribution in [0.1, 0.15) is 0 Å². The van der Waals surface area contributed by atoms with Gasteiger partial charge in [0.25, 0.3) is 0 Å². The summed E-state index contributed by atoms with van der Waals surface area (Å²) in [6.45, 7) is 0. The summed E-state index contributed by atoms with van der Waals surface area (Å²) in [6.07, 6.45) is 0. The number of aromatic nitrogens is 4. The van der Waals surface area contributed by atoms with Gasteiger partial charge < -0.3 is 5.32 Å². The number of carbonyl (C=O) groups excluding carboxylic acids is 1. The second-order valence-electron chi connectivity index (χ2n) is 5.23. The fourth-order valence-corrected chi connectivity index (χ4v) is 3.20. The minimum atomic E-state index is -0.818. The highest BCUT2D eigenvalue weighted by Crippen LogP contribution is 2.23. The average molecular weight is 359 g/mol. The van der Waals surface area contributed by atoms with E-state index in [4.69, 9.17) is 0 Å². The number of rotatable bonds is 4. The molecule has 2 N–H and O–H groups in total. The predicted molar refractivity (Wildman–Crippen MR) is 90.6 cm³/mol. The third-order valence-electron chi connectivity index (χ3n) is 3.54. The monoisotopic (exact) mass is 359 g/mol. The number of imidazole rings is 1. The Morgan fingerprint density at radius 3 is 2.92 bits per heavy atom. The third-order valence-corrected chi connectivity index (χ3v) is 4.48. The second-order valence-corrected chi connectivity index (χ2v) is 6.17. The van der Waals surface area contributed by atoms with Crippen molar-refractivity contribution in [2.24, 2.45) is 0 Å². The van der Waals surface area contributed by atoms with Crippen molar-refractivity contribution in [1.82, 2.24) is 19.6 Å². The van der Waals surface area contributed by atoms with Crippen molar-refractivity contribution in [3.05, 3.63) is 54.1 Å². The predicted octanol–water partition coefficient (Wildman–Crippen LogP) is 3.22. The number of amides is 1. The minimum Gasteiger partial charge on any atom is -0.323 e. The number of hydrogen-bond acceptors (Lipinski definition) is 4. The number of fused-ring (bicyclic) bond motifs is 3. The first kappa shape index (κ1) is 15.6. The summed E-state index contributed by atoms with van der Waals surface area (Å²) >= 11 is 1.18. The lowest BCUT2D eigenvalue weighted by atomic mass is 10.3. The molecule has 2 aromatic heterocycles. The molecule has 25 heavy (non-hydrogen) atoms. The number of benzene rings is 2. The molecular weight excluding hydrogens is 348 g/mol. The number of halogens is 2. The van der Waals surface area contributed by atoms with Crippen LogP contribution in [0, 0.1) is 11.6 Å². The van der Waals surface area contributed by atoms with E-state index in [1.54, 1.807) is 0 Å². The highest BCUT2D eigenvalue weighted by atomic mass is 32.2. The molecule has 2 heterocycles. The van der Waals surface area contributed by atoms with Gasteiger partial charge in [0.15, 0.2) is 5.16 Å². The van der Waals surface area contributed by atoms with Crippen LogP contribution in [0.2, 0.25) is 0 Å². The summed E-state index contributed by atoms with van der Waals surface area (Å²) in [6, 6.07) is 10.6. The van der Waals surface area contributed by atoms with E-state index in [1.165, 1.54) is 17.8 Å². The Morgan fingerprint density at radius 2 is 2.08 bits per heavy atom. The van der Waals surface area contributed by atoms with Crippen LogP contribution >= 0.6 is 11.8 Å². The number of anilines is 1. The molecule has 0 radical (unpaired) electrons. The average Bonchev–Trinajstić information content (AvgIpc) is 3.15. The van der Waals surface area contributed by atoms with Crippen LogP contribution in [0.3, 0.4) is 0 Å². The molecule has 0 fully saturated rings. The lowest BCUT2D eigenvalue weighted by molar-refractivity contribution is -0.113. The van der Waals surface area contributed by atoms with E-state index < -0.39 is 17.5 Å². The molecule has 2 aromatic carbocycles. The molecule has 0 atom stereocenters. The van der Waals surface area contributed by atoms with Crippen molar-refractivity contribution in [2.45, 2.75) is 5.16 Å². The maximum atomic E-state index is 13.6. The molecule has 0 aliphatic rings. The quantitative estimate of drug-likeness (QED) is 0.549. The maximum Gasteiger partial charge on any atom is 0.234 e. The summed E-state index contributed by atoms with van der Waals surface area (Å²) in [7, 11) is 0. The molecule has 0 bridgehead atoms. The molecule has 4 rings (SSSR count). The van der Waals surface area contributed by atoms with Crippen LogP contribution in [0.25, 0.3) is 16.8 Å². The Balaban J connectivity index is 1.51. The number of hydrogen-bond donors (Lipinski definition) is 2. The van der Waals surface area contributed by atoms with Gasteiger partial charge in [-0.1, -0.05) is 23.9 Å². The zero-order valence-electron chi connectivity index (χ0n) is 12.7. The van der Waals surface area contributed by atoms with Crippen LogP contribution in [0.5, 0.6) is 0 Å². The van der Waals surface area contributed by atoms with Crippen molar-refractivity contribution in [2.75, 3.05) is 11.1 Å². The molecular formula is C16H11F2N5OS. The number of para-hydroxylation sites is 2. The molecule has 0 spiro atoms. The zero-order valence-corrected chi connectivity index (χ0v) is 13.5. The van der Waals surface area contributed by atoms with Crippen LogP contribution in [0.15, 0.2) is 47.6 Å². The second kappa shape index (κ2) is 6.17. The summed E-state index contributed by atoms with van der Waals surface area (Å²) in [4.78, 5) is 16.4. The highest BCUT2D eigenvalue weighted by Gasteiger charge is 2.14. The Morgan fingerprint density at radius 1 is 1.24 bits per heavy atom. The Bertz CT molecular complexity index is 1090. The van der Waals surface area contributed by atoms with Crippen molar-refractivity contribution in [3.63, 3.8) is 0 Å². The van der Waals surface area contributed by atoms with E-state index in [0.717, 1.165) is 23.2 Å². The number of nitrogens with zero attached hydrogens (tertiary/aromatic N) is 3. The van der Waals surface area contributed by atoms with Gasteiger partial charge in [0.1, 0.15) is 11.6 Å². The van der Waals surface area contributed by atoms with E-state index in [-0.39, 0.29) is 11.4 Å². The summed E-state index contributed by atoms with van der Waals surface area (Å²) in [5.41, 5.74) is 1.63. The SMILES string of the molecule is O=C(CSc1n[nH]c2nc3ccccc3n12)Nc1ccc(F)cc1F. The van der Waals surface area contributed by atoms with Gasteiger partial charge in [0, 0.05) is 6.07 Å². The number of H-pyrrole nitrogens is 1. The molecule has 0 unspecified atom stereocenters. The topological polar surface area (TPSA) is 75.1 Å². The van der Waals surface area contributed by atoms with Crippen molar-refractivity contribution in [1.29, 1.82) is 0 Å². The van der Waals surface area contributed by atoms with Gasteiger partial charge in [-0.3, -0.25) is 9.20 Å². The number of nitrogens with one attached hydrogen (secondary N) is 2. The fourth-order valence-electron chi connectivity index (χ4n) is 2.45. The van der Waals surface area contributed by atoms with Gasteiger partial charge in [-0.2, -0.15) is 0 Å². The first-order valence-corrected chi connectivity index (χ1v) is 8.29. The minimum absolute atomic E-state index is 0.0171. The van der Waals surface area contributed by atoms with Gasteiger partial charge >= 0.3 is 0 Å². The lowest BCUT2D eigenvalue weighted by Crippen LogP contribution is -2.15. The molecule has 1 amide bonds. The normalized spacial score (nSPS) is 11.3. The van der Waals surface area contributed by atoms with Gasteiger partial charge in [-0.25, -0.2) is 18.9 Å². The Kier molecular flexibility index (Phi) is 3.85. The van der Waals surface area contributed by atoms with Gasteiger partial charge in [-0.05, 0) is 24.3 Å². The van der Waals surface area contributed by atoms with Crippen molar-refractivity contribution < 1.29 is 13.6 Å². The molecule has 6 nitrogen and oxygen atoms in total. The lowest BCUT2D eigenvalue weighted by Gasteiger charge is -2.05. The smallest absolute Gasteiger partial charge is 0.234 e. The molecule has 126 valence electrons. The van der Waals surface area contributed by atoms with Crippen molar-refractivity contribution in [3.8, 4) is 0 Å². The first-order chi connectivity index (χ1) is 12.1. The molecule has 9 heteroatoms. The van der Waals surface area contributed by atoms with E-state index in [1.807, 2.05) is 28.7 Å². The number of carbonyl (C=O) groups is 1. The van der Waals surface area contributed by atoms with Gasteiger partial charge in [0.2, 0.25) is 11.7 Å². The van der Waals surface area contributed by atoms with E-state index >= 15 is 0 Å². The maximum absolute atomic E-state index is 13.6. The van der Waals surface area contributed by atoms with E-state index in [2.05, 4.69) is 20.5 Å². The molecule has 4 aromatic rings. The Labute approximate surface area is 144 Å². The van der Waals surface area contributed by atoms with Crippen LogP contribution in [-0.4, -0.2) is 31.2 Å². The standard InChI is InChI=1S/C16H11F2N5OS/c17-9-5-6-11(10(18)7-9)19-14(24)8-25-16-22-21-15-20-12-3-1-2-4-13(12)23(15)16/h1-7H,8H2,(H,19,24)(H,20,21). The van der Waals surface area contributed by atoms with Crippen LogP contribution in [0.4, 0.5) is 14.5 Å². The molecule has 0 saturated carbocycles. The van der Waals surface area contributed by atoms with Gasteiger partial charge in [-0.15, -0.1) is 5.10 Å². The fraction of sp³-hybridized carbons (Fsp3) is 0.0625. The van der Waals surface area contributed by atoms with E-state index in [9.17, 15) is 13.6 Å². The van der Waals surface area contributed by atoms with Gasteiger partial charge in [0.05, 0.1) is 22.5 Å². The third kappa shape index (κ3) is 2.93. The Hall–Kier alpha value is -2.94. The first-order valence-electron chi connectivity index (χ1n) is 7.31. The molecule has 0 saturated heterocycles.